The number of pyridine rings is 1. The van der Waals surface area contributed by atoms with Crippen molar-refractivity contribution in [3.05, 3.63) is 58.4 Å². The molecule has 2 heterocycles. The van der Waals surface area contributed by atoms with Gasteiger partial charge in [0.1, 0.15) is 5.75 Å². The summed E-state index contributed by atoms with van der Waals surface area (Å²) in [6.45, 7) is 3.07. The van der Waals surface area contributed by atoms with Gasteiger partial charge in [-0.25, -0.2) is 0 Å². The fourth-order valence-electron chi connectivity index (χ4n) is 2.54. The number of fused-ring (bicyclic) bond motifs is 1. The number of aryl methyl sites for hydroxylation is 1. The van der Waals surface area contributed by atoms with E-state index in [1.807, 2.05) is 25.1 Å². The Morgan fingerprint density at radius 1 is 1.11 bits per heavy atom. The van der Waals surface area contributed by atoms with Crippen LogP contribution in [0, 0.1) is 0 Å². The highest BCUT2D eigenvalue weighted by Gasteiger charge is 2.23. The third-order valence-corrected chi connectivity index (χ3v) is 3.58. The van der Waals surface area contributed by atoms with Crippen LogP contribution in [0.15, 0.2) is 30.3 Å². The minimum absolute atomic E-state index is 0.326. The van der Waals surface area contributed by atoms with Crippen molar-refractivity contribution in [2.75, 3.05) is 0 Å². The van der Waals surface area contributed by atoms with E-state index in [1.165, 1.54) is 5.56 Å². The van der Waals surface area contributed by atoms with Crippen LogP contribution in [0.4, 0.5) is 0 Å². The molecule has 0 atom stereocenters. The molecule has 0 spiro atoms. The van der Waals surface area contributed by atoms with Gasteiger partial charge in [0.25, 0.3) is 0 Å². The minimum atomic E-state index is 0.326. The van der Waals surface area contributed by atoms with Gasteiger partial charge in [0.15, 0.2) is 0 Å². The lowest BCUT2D eigenvalue weighted by Crippen LogP contribution is -2.03. The van der Waals surface area contributed by atoms with E-state index in [2.05, 4.69) is 17.1 Å². The maximum Gasteiger partial charge on any atom is 0.142 e. The third kappa shape index (κ3) is 2.22. The summed E-state index contributed by atoms with van der Waals surface area (Å²) in [6.07, 6.45) is 1.53. The summed E-state index contributed by atoms with van der Waals surface area (Å²) in [5.41, 5.74) is 5.04. The Kier molecular flexibility index (Phi) is 3.22. The molecule has 0 saturated carbocycles. The van der Waals surface area contributed by atoms with Crippen molar-refractivity contribution in [1.82, 2.24) is 4.98 Å². The Labute approximate surface area is 112 Å². The van der Waals surface area contributed by atoms with Gasteiger partial charge in [-0.05, 0) is 12.0 Å². The van der Waals surface area contributed by atoms with Gasteiger partial charge in [0.2, 0.25) is 0 Å². The van der Waals surface area contributed by atoms with Crippen molar-refractivity contribution < 1.29 is 9.84 Å². The lowest BCUT2D eigenvalue weighted by Gasteiger charge is -2.11. The van der Waals surface area contributed by atoms with Gasteiger partial charge in [-0.15, -0.1) is 0 Å². The van der Waals surface area contributed by atoms with Crippen molar-refractivity contribution in [2.24, 2.45) is 0 Å². The summed E-state index contributed by atoms with van der Waals surface area (Å²) in [4.78, 5) is 4.63. The first-order valence-electron chi connectivity index (χ1n) is 6.63. The Balaban J connectivity index is 2.04. The maximum atomic E-state index is 10.2. The van der Waals surface area contributed by atoms with Gasteiger partial charge >= 0.3 is 0 Å². The van der Waals surface area contributed by atoms with E-state index in [-0.39, 0.29) is 0 Å². The fraction of sp³-hybridized carbons (Fsp3) is 0.312. The molecule has 0 amide bonds. The molecule has 2 aromatic rings. The van der Waals surface area contributed by atoms with Crippen LogP contribution in [0.3, 0.4) is 0 Å². The van der Waals surface area contributed by atoms with Crippen molar-refractivity contribution in [1.29, 1.82) is 0 Å². The number of ether oxygens (including phenoxy) is 1. The molecular weight excluding hydrogens is 238 g/mol. The molecule has 1 N–H and O–H groups in total. The van der Waals surface area contributed by atoms with Gasteiger partial charge in [-0.3, -0.25) is 4.98 Å². The quantitative estimate of drug-likeness (QED) is 0.916. The van der Waals surface area contributed by atoms with Gasteiger partial charge in [0, 0.05) is 17.5 Å². The van der Waals surface area contributed by atoms with Crippen LogP contribution in [0.1, 0.15) is 35.0 Å². The molecule has 1 aliphatic heterocycles. The number of hydrogen-bond acceptors (Lipinski definition) is 3. The SMILES string of the molecule is CCc1nc(Cc2ccccc2)c2c(c1O)COC2. The molecule has 0 bridgehead atoms. The van der Waals surface area contributed by atoms with Crippen LogP contribution in [0.25, 0.3) is 0 Å². The van der Waals surface area contributed by atoms with E-state index in [0.29, 0.717) is 19.0 Å². The van der Waals surface area contributed by atoms with Crippen LogP contribution in [0.5, 0.6) is 5.75 Å². The largest absolute Gasteiger partial charge is 0.506 e. The first kappa shape index (κ1) is 12.2. The number of benzene rings is 1. The Morgan fingerprint density at radius 3 is 2.58 bits per heavy atom. The molecule has 0 fully saturated rings. The monoisotopic (exact) mass is 255 g/mol. The topological polar surface area (TPSA) is 42.4 Å². The highest BCUT2D eigenvalue weighted by molar-refractivity contribution is 5.46. The van der Waals surface area contributed by atoms with E-state index in [0.717, 1.165) is 35.4 Å². The fourth-order valence-corrected chi connectivity index (χ4v) is 2.54. The van der Waals surface area contributed by atoms with Crippen molar-refractivity contribution >= 4 is 0 Å². The number of hydrogen-bond donors (Lipinski definition) is 1. The summed E-state index contributed by atoms with van der Waals surface area (Å²) in [5.74, 6) is 0.326. The van der Waals surface area contributed by atoms with Crippen LogP contribution < -0.4 is 0 Å². The Morgan fingerprint density at radius 2 is 1.84 bits per heavy atom. The van der Waals surface area contributed by atoms with Gasteiger partial charge in [-0.1, -0.05) is 37.3 Å². The first-order valence-corrected chi connectivity index (χ1v) is 6.63. The second-order valence-electron chi connectivity index (χ2n) is 4.82. The van der Waals surface area contributed by atoms with E-state index >= 15 is 0 Å². The van der Waals surface area contributed by atoms with Gasteiger partial charge in [-0.2, -0.15) is 0 Å². The molecule has 19 heavy (non-hydrogen) atoms. The molecule has 3 rings (SSSR count). The second kappa shape index (κ2) is 5.02. The van der Waals surface area contributed by atoms with E-state index in [4.69, 9.17) is 4.74 Å². The van der Waals surface area contributed by atoms with Crippen LogP contribution >= 0.6 is 0 Å². The lowest BCUT2D eigenvalue weighted by molar-refractivity contribution is 0.133. The highest BCUT2D eigenvalue weighted by Crippen LogP contribution is 2.33. The Hall–Kier alpha value is -1.87. The van der Waals surface area contributed by atoms with Crippen molar-refractivity contribution in [3.63, 3.8) is 0 Å². The van der Waals surface area contributed by atoms with Crippen LogP contribution in [-0.4, -0.2) is 10.1 Å². The molecule has 3 heteroatoms. The van der Waals surface area contributed by atoms with Crippen LogP contribution in [-0.2, 0) is 30.8 Å². The summed E-state index contributed by atoms with van der Waals surface area (Å²) >= 11 is 0. The average Bonchev–Trinajstić information content (AvgIpc) is 2.93. The van der Waals surface area contributed by atoms with E-state index in [1.54, 1.807) is 0 Å². The van der Waals surface area contributed by atoms with E-state index < -0.39 is 0 Å². The predicted octanol–water partition coefficient (Wildman–Crippen LogP) is 2.97. The molecule has 0 radical (unpaired) electrons. The summed E-state index contributed by atoms with van der Waals surface area (Å²) in [6, 6.07) is 10.3. The predicted molar refractivity (Wildman–Crippen MR) is 73.0 cm³/mol. The standard InChI is InChI=1S/C16H17NO2/c1-2-14-16(18)13-10-19-9-12(13)15(17-14)8-11-6-4-3-5-7-11/h3-7,18H,2,8-10H2,1H3. The average molecular weight is 255 g/mol. The summed E-state index contributed by atoms with van der Waals surface area (Å²) in [7, 11) is 0. The zero-order chi connectivity index (χ0) is 13.2. The van der Waals surface area contributed by atoms with Gasteiger partial charge < -0.3 is 9.84 Å². The molecule has 1 aromatic carbocycles. The molecule has 0 aliphatic carbocycles. The Bertz CT molecular complexity index is 593. The summed E-state index contributed by atoms with van der Waals surface area (Å²) < 4.78 is 5.47. The number of rotatable bonds is 3. The number of aromatic hydroxyl groups is 1. The zero-order valence-electron chi connectivity index (χ0n) is 11.0. The minimum Gasteiger partial charge on any atom is -0.506 e. The van der Waals surface area contributed by atoms with Crippen molar-refractivity contribution in [3.8, 4) is 5.75 Å². The molecule has 3 nitrogen and oxygen atoms in total. The normalized spacial score (nSPS) is 13.5. The maximum absolute atomic E-state index is 10.2. The first-order chi connectivity index (χ1) is 9.29. The lowest BCUT2D eigenvalue weighted by atomic mass is 10.0. The molecule has 98 valence electrons. The van der Waals surface area contributed by atoms with Gasteiger partial charge in [0.05, 0.1) is 24.6 Å². The molecule has 0 saturated heterocycles. The summed E-state index contributed by atoms with van der Waals surface area (Å²) in [5, 5.41) is 10.2. The number of aromatic nitrogens is 1. The highest BCUT2D eigenvalue weighted by atomic mass is 16.5. The molecular formula is C16H17NO2. The third-order valence-electron chi connectivity index (χ3n) is 3.58. The molecule has 1 aromatic heterocycles. The molecule has 1 aliphatic rings. The van der Waals surface area contributed by atoms with Crippen molar-refractivity contribution in [2.45, 2.75) is 33.0 Å². The van der Waals surface area contributed by atoms with Crippen LogP contribution in [0.2, 0.25) is 0 Å². The smallest absolute Gasteiger partial charge is 0.142 e. The molecule has 0 unspecified atom stereocenters. The zero-order valence-corrected chi connectivity index (χ0v) is 11.0. The number of nitrogens with zero attached hydrogens (tertiary/aromatic N) is 1. The van der Waals surface area contributed by atoms with E-state index in [9.17, 15) is 5.11 Å². The second-order valence-corrected chi connectivity index (χ2v) is 4.82.